The van der Waals surface area contributed by atoms with E-state index in [2.05, 4.69) is 6.92 Å². The zero-order valence-electron chi connectivity index (χ0n) is 24.5. The van der Waals surface area contributed by atoms with Crippen molar-refractivity contribution in [3.63, 3.8) is 0 Å². The number of rotatable bonds is 8. The van der Waals surface area contributed by atoms with E-state index in [-0.39, 0.29) is 34.8 Å². The van der Waals surface area contributed by atoms with Gasteiger partial charge in [-0.1, -0.05) is 54.9 Å². The van der Waals surface area contributed by atoms with Gasteiger partial charge in [0.1, 0.15) is 23.1 Å². The third-order valence-corrected chi connectivity index (χ3v) is 7.24. The van der Waals surface area contributed by atoms with Gasteiger partial charge in [0, 0.05) is 40.8 Å². The Hall–Kier alpha value is -3.28. The van der Waals surface area contributed by atoms with Gasteiger partial charge in [-0.15, -0.1) is 0 Å². The van der Waals surface area contributed by atoms with Crippen LogP contribution in [0.2, 0.25) is 0 Å². The van der Waals surface area contributed by atoms with Crippen LogP contribution >= 0.6 is 0 Å². The van der Waals surface area contributed by atoms with Crippen LogP contribution in [0.15, 0.2) is 35.9 Å². The first kappa shape index (κ1) is 29.3. The molecule has 2 aromatic carbocycles. The molecule has 0 saturated carbocycles. The number of ether oxygens (including phenoxy) is 2. The van der Waals surface area contributed by atoms with Crippen LogP contribution in [0.5, 0.6) is 17.2 Å². The lowest BCUT2D eigenvalue weighted by Gasteiger charge is -2.28. The molecule has 1 saturated heterocycles. The molecule has 6 heteroatoms. The first-order chi connectivity index (χ1) is 17.7. The molecular formula is C32H44N2O4. The summed E-state index contributed by atoms with van der Waals surface area (Å²) in [4.78, 5) is 15.5. The van der Waals surface area contributed by atoms with Crippen molar-refractivity contribution in [1.82, 2.24) is 4.90 Å². The number of nitrogens with zero attached hydrogens (tertiary/aromatic N) is 1. The second-order valence-corrected chi connectivity index (χ2v) is 12.3. The predicted molar refractivity (Wildman–Crippen MR) is 155 cm³/mol. The van der Waals surface area contributed by atoms with Crippen LogP contribution in [-0.2, 0) is 10.8 Å². The summed E-state index contributed by atoms with van der Waals surface area (Å²) in [6.45, 7) is 15.1. The second-order valence-electron chi connectivity index (χ2n) is 12.3. The summed E-state index contributed by atoms with van der Waals surface area (Å²) in [5, 5.41) is 20.1. The van der Waals surface area contributed by atoms with E-state index < -0.39 is 0 Å². The third kappa shape index (κ3) is 6.23. The number of likely N-dealkylation sites (tertiary alicyclic amines) is 1. The molecule has 0 amide bonds. The van der Waals surface area contributed by atoms with Crippen molar-refractivity contribution in [2.24, 2.45) is 5.92 Å². The summed E-state index contributed by atoms with van der Waals surface area (Å²) in [5.74, 6) is 2.13. The molecule has 206 valence electrons. The smallest absolute Gasteiger partial charge is 0.182 e. The van der Waals surface area contributed by atoms with Crippen molar-refractivity contribution in [3.8, 4) is 17.2 Å². The Bertz CT molecular complexity index is 1200. The molecular weight excluding hydrogens is 476 g/mol. The summed E-state index contributed by atoms with van der Waals surface area (Å²) in [6, 6.07) is 9.32. The molecule has 3 rings (SSSR count). The highest BCUT2D eigenvalue weighted by atomic mass is 16.5. The second kappa shape index (κ2) is 11.2. The number of carbonyl (C=O) groups is 1. The summed E-state index contributed by atoms with van der Waals surface area (Å²) in [5.41, 5.74) is 3.26. The fourth-order valence-corrected chi connectivity index (χ4v) is 5.07. The standard InChI is InChI=1S/C32H44N2O4/c1-10-11-21-18-34(30(33)24(21)14-20-12-13-23(37-8)17-28(20)38-9)19-27(35)22-15-25(31(2,3)4)29(36)26(16-22)32(5,6)7/h12-17,21,33,36H,10-11,18-19H2,1-9H3/b24-14+,33-30?. The molecule has 0 spiro atoms. The third-order valence-electron chi connectivity index (χ3n) is 7.24. The number of methoxy groups -OCH3 is 2. The van der Waals surface area contributed by atoms with Crippen molar-refractivity contribution >= 4 is 17.7 Å². The number of carbonyl (C=O) groups excluding carboxylic acids is 1. The summed E-state index contributed by atoms with van der Waals surface area (Å²) < 4.78 is 10.9. The molecule has 0 aliphatic carbocycles. The number of hydrogen-bond donors (Lipinski definition) is 2. The van der Waals surface area contributed by atoms with Gasteiger partial charge in [0.25, 0.3) is 0 Å². The van der Waals surface area contributed by atoms with Crippen LogP contribution in [-0.4, -0.2) is 48.9 Å². The Labute approximate surface area is 228 Å². The molecule has 1 heterocycles. The van der Waals surface area contributed by atoms with Crippen LogP contribution in [0.1, 0.15) is 88.4 Å². The van der Waals surface area contributed by atoms with Gasteiger partial charge in [-0.3, -0.25) is 10.2 Å². The Balaban J connectivity index is 1.96. The lowest BCUT2D eigenvalue weighted by Crippen LogP contribution is -2.31. The van der Waals surface area contributed by atoms with Crippen LogP contribution in [0, 0.1) is 11.3 Å². The van der Waals surface area contributed by atoms with Crippen LogP contribution in [0.4, 0.5) is 0 Å². The van der Waals surface area contributed by atoms with E-state index in [1.807, 2.05) is 82.9 Å². The van der Waals surface area contributed by atoms with Crippen LogP contribution in [0.25, 0.3) is 6.08 Å². The number of aromatic hydroxyl groups is 1. The lowest BCUT2D eigenvalue weighted by atomic mass is 9.78. The predicted octanol–water partition coefficient (Wildman–Crippen LogP) is 6.98. The fraction of sp³-hybridized carbons (Fsp3) is 0.500. The first-order valence-corrected chi connectivity index (χ1v) is 13.4. The molecule has 1 atom stereocenters. The fourth-order valence-electron chi connectivity index (χ4n) is 5.07. The van der Waals surface area contributed by atoms with Crippen molar-refractivity contribution in [1.29, 1.82) is 5.41 Å². The minimum atomic E-state index is -0.319. The number of phenols is 1. The topological polar surface area (TPSA) is 82.9 Å². The van der Waals surface area contributed by atoms with Gasteiger partial charge >= 0.3 is 0 Å². The largest absolute Gasteiger partial charge is 0.507 e. The molecule has 0 radical (unpaired) electrons. The highest BCUT2D eigenvalue weighted by Gasteiger charge is 2.34. The van der Waals surface area contributed by atoms with E-state index >= 15 is 0 Å². The quantitative estimate of drug-likeness (QED) is 0.367. The summed E-state index contributed by atoms with van der Waals surface area (Å²) >= 11 is 0. The maximum Gasteiger partial charge on any atom is 0.182 e. The number of phenolic OH excluding ortho intramolecular Hbond substituents is 1. The van der Waals surface area contributed by atoms with Crippen molar-refractivity contribution in [3.05, 3.63) is 58.2 Å². The zero-order chi connectivity index (χ0) is 28.4. The maximum atomic E-state index is 13.6. The Morgan fingerprint density at radius 1 is 1.05 bits per heavy atom. The van der Waals surface area contributed by atoms with E-state index in [0.717, 1.165) is 35.1 Å². The molecule has 0 bridgehead atoms. The van der Waals surface area contributed by atoms with Gasteiger partial charge in [-0.25, -0.2) is 0 Å². The van der Waals surface area contributed by atoms with Gasteiger partial charge < -0.3 is 19.5 Å². The number of nitrogens with one attached hydrogen (secondary N) is 1. The Morgan fingerprint density at radius 3 is 2.16 bits per heavy atom. The van der Waals surface area contributed by atoms with Crippen molar-refractivity contribution in [2.75, 3.05) is 27.3 Å². The van der Waals surface area contributed by atoms with E-state index in [1.165, 1.54) is 0 Å². The monoisotopic (exact) mass is 520 g/mol. The zero-order valence-corrected chi connectivity index (χ0v) is 24.5. The minimum absolute atomic E-state index is 0.0516. The van der Waals surface area contributed by atoms with Gasteiger partial charge in [0.15, 0.2) is 5.78 Å². The lowest BCUT2D eigenvalue weighted by molar-refractivity contribution is 0.0963. The van der Waals surface area contributed by atoms with Crippen molar-refractivity contribution < 1.29 is 19.4 Å². The summed E-state index contributed by atoms with van der Waals surface area (Å²) in [6.07, 6.45) is 3.93. The Kier molecular flexibility index (Phi) is 8.65. The van der Waals surface area contributed by atoms with E-state index in [1.54, 1.807) is 14.2 Å². The minimum Gasteiger partial charge on any atom is -0.507 e. The molecule has 2 aromatic rings. The van der Waals surface area contributed by atoms with E-state index in [0.29, 0.717) is 29.4 Å². The van der Waals surface area contributed by atoms with Gasteiger partial charge in [0.2, 0.25) is 0 Å². The summed E-state index contributed by atoms with van der Waals surface area (Å²) in [7, 11) is 3.25. The first-order valence-electron chi connectivity index (χ1n) is 13.4. The van der Waals surface area contributed by atoms with Gasteiger partial charge in [0.05, 0.1) is 20.8 Å². The number of Topliss-reactive ketones (excluding diaryl/α,β-unsaturated/α-hetero) is 1. The average Bonchev–Trinajstić information content (AvgIpc) is 3.11. The maximum absolute atomic E-state index is 13.6. The molecule has 0 aromatic heterocycles. The number of benzene rings is 2. The highest BCUT2D eigenvalue weighted by molar-refractivity contribution is 6.06. The normalized spacial score (nSPS) is 17.3. The molecule has 1 aliphatic rings. The van der Waals surface area contributed by atoms with Gasteiger partial charge in [-0.2, -0.15) is 0 Å². The molecule has 1 unspecified atom stereocenters. The SMILES string of the molecule is CCCC1CN(CC(=O)c2cc(C(C)(C)C)c(O)c(C(C)(C)C)c2)C(=N)/C1=C/c1ccc(OC)cc1OC. The number of hydrogen-bond acceptors (Lipinski definition) is 5. The average molecular weight is 521 g/mol. The molecule has 6 nitrogen and oxygen atoms in total. The van der Waals surface area contributed by atoms with E-state index in [4.69, 9.17) is 14.9 Å². The molecule has 2 N–H and O–H groups in total. The van der Waals surface area contributed by atoms with Gasteiger partial charge in [-0.05, 0) is 53.2 Å². The highest BCUT2D eigenvalue weighted by Crippen LogP contribution is 2.40. The van der Waals surface area contributed by atoms with Crippen molar-refractivity contribution in [2.45, 2.75) is 72.1 Å². The van der Waals surface area contributed by atoms with E-state index in [9.17, 15) is 9.90 Å². The molecule has 1 aliphatic heterocycles. The molecule has 1 fully saturated rings. The van der Waals surface area contributed by atoms with Crippen LogP contribution in [0.3, 0.4) is 0 Å². The number of ketones is 1. The Morgan fingerprint density at radius 2 is 1.66 bits per heavy atom. The van der Waals surface area contributed by atoms with Crippen LogP contribution < -0.4 is 9.47 Å². The molecule has 38 heavy (non-hydrogen) atoms. The number of amidine groups is 1.